The zero-order chi connectivity index (χ0) is 15.5. The Labute approximate surface area is 137 Å². The van der Waals surface area contributed by atoms with Gasteiger partial charge in [0.15, 0.2) is 0 Å². The van der Waals surface area contributed by atoms with Gasteiger partial charge in [0.05, 0.1) is 0 Å². The van der Waals surface area contributed by atoms with Gasteiger partial charge in [0.2, 0.25) is 0 Å². The highest BCUT2D eigenvalue weighted by molar-refractivity contribution is 7.27. The predicted molar refractivity (Wildman–Crippen MR) is 105 cm³/mol. The quantitative estimate of drug-likeness (QED) is 0.581. The molecule has 0 aliphatic heterocycles. The number of rotatable bonds is 3. The van der Waals surface area contributed by atoms with Crippen molar-refractivity contribution in [2.24, 2.45) is 0 Å². The normalized spacial score (nSPS) is 10.7. The van der Waals surface area contributed by atoms with Crippen molar-refractivity contribution in [3.8, 4) is 22.3 Å². The molecule has 0 aliphatic carbocycles. The van der Waals surface area contributed by atoms with E-state index >= 15 is 0 Å². The molecule has 0 spiro atoms. The van der Waals surface area contributed by atoms with Gasteiger partial charge in [0.1, 0.15) is 0 Å². The molecule has 0 aromatic heterocycles. The molecule has 2 unspecified atom stereocenters. The second-order valence-corrected chi connectivity index (χ2v) is 6.63. The summed E-state index contributed by atoms with van der Waals surface area (Å²) in [6.07, 6.45) is 1.00. The van der Waals surface area contributed by atoms with Crippen molar-refractivity contribution in [1.82, 2.24) is 0 Å². The van der Waals surface area contributed by atoms with Crippen LogP contribution in [0.15, 0.2) is 66.7 Å². The Balaban J connectivity index is 1.96. The second-order valence-electron chi connectivity index (χ2n) is 5.55. The smallest absolute Gasteiger partial charge is 0.0128 e. The van der Waals surface area contributed by atoms with Gasteiger partial charge in [-0.3, -0.25) is 0 Å². The van der Waals surface area contributed by atoms with Crippen LogP contribution >= 0.6 is 18.5 Å². The summed E-state index contributed by atoms with van der Waals surface area (Å²) in [7, 11) is 5.50. The Kier molecular flexibility index (Phi) is 4.72. The third-order valence-corrected chi connectivity index (χ3v) is 4.83. The van der Waals surface area contributed by atoms with Gasteiger partial charge in [-0.05, 0) is 51.8 Å². The molecule has 0 N–H and O–H groups in total. The second kappa shape index (κ2) is 6.74. The van der Waals surface area contributed by atoms with Crippen molar-refractivity contribution < 1.29 is 0 Å². The fraction of sp³-hybridized carbons (Fsp3) is 0.100. The van der Waals surface area contributed by atoms with Crippen molar-refractivity contribution in [3.05, 3.63) is 77.9 Å². The molecule has 0 saturated carbocycles. The third kappa shape index (κ3) is 3.30. The molecule has 0 saturated heterocycles. The van der Waals surface area contributed by atoms with Crippen molar-refractivity contribution in [1.29, 1.82) is 0 Å². The number of hydrogen-bond acceptors (Lipinski definition) is 0. The van der Waals surface area contributed by atoms with Gasteiger partial charge in [0, 0.05) is 0 Å². The minimum absolute atomic E-state index is 1.00. The summed E-state index contributed by atoms with van der Waals surface area (Å²) in [4.78, 5) is 0. The van der Waals surface area contributed by atoms with Gasteiger partial charge in [0.25, 0.3) is 0 Å². The molecule has 0 aliphatic rings. The first-order valence-electron chi connectivity index (χ1n) is 7.43. The van der Waals surface area contributed by atoms with Crippen LogP contribution in [0.5, 0.6) is 0 Å². The van der Waals surface area contributed by atoms with Crippen LogP contribution in [0.2, 0.25) is 0 Å². The van der Waals surface area contributed by atoms with Gasteiger partial charge < -0.3 is 0 Å². The maximum absolute atomic E-state index is 2.77. The highest BCUT2D eigenvalue weighted by Gasteiger charge is 2.05. The van der Waals surface area contributed by atoms with Crippen molar-refractivity contribution in [2.45, 2.75) is 13.1 Å². The predicted octanol–water partition coefficient (Wildman–Crippen LogP) is 5.20. The van der Waals surface area contributed by atoms with Gasteiger partial charge >= 0.3 is 0 Å². The van der Waals surface area contributed by atoms with Crippen molar-refractivity contribution >= 4 is 23.8 Å². The molecule has 0 heterocycles. The topological polar surface area (TPSA) is 0 Å². The van der Waals surface area contributed by atoms with E-state index in [1.165, 1.54) is 38.7 Å². The van der Waals surface area contributed by atoms with Gasteiger partial charge in [-0.1, -0.05) is 66.7 Å². The minimum atomic E-state index is 1.00. The molecule has 2 atom stereocenters. The Morgan fingerprint density at radius 3 is 1.91 bits per heavy atom. The maximum Gasteiger partial charge on any atom is -0.0128 e. The number of aryl methyl sites for hydroxylation is 1. The standard InChI is InChI=1S/C20H20P2/c1-14-12-18(16-6-9-19(22)10-7-16)8-11-20(14)17-4-2-15(13-21)3-5-17/h2-12H,13,21-22H2,1H3. The van der Waals surface area contributed by atoms with Gasteiger partial charge in [-0.15, -0.1) is 18.5 Å². The third-order valence-electron chi connectivity index (χ3n) is 3.97. The SMILES string of the molecule is Cc1cc(-c2ccc(P)cc2)ccc1-c1ccc(CP)cc1. The van der Waals surface area contributed by atoms with E-state index in [0.717, 1.165) is 6.16 Å². The van der Waals surface area contributed by atoms with Crippen LogP contribution < -0.4 is 5.30 Å². The summed E-state index contributed by atoms with van der Waals surface area (Å²) >= 11 is 0. The summed E-state index contributed by atoms with van der Waals surface area (Å²) in [6, 6.07) is 24.1. The zero-order valence-electron chi connectivity index (χ0n) is 12.7. The maximum atomic E-state index is 2.77. The van der Waals surface area contributed by atoms with Crippen LogP contribution in [0.1, 0.15) is 11.1 Å². The molecule has 0 nitrogen and oxygen atoms in total. The van der Waals surface area contributed by atoms with Crippen LogP contribution in [0, 0.1) is 6.92 Å². The fourth-order valence-corrected chi connectivity index (χ4v) is 3.13. The van der Waals surface area contributed by atoms with E-state index < -0.39 is 0 Å². The summed E-state index contributed by atoms with van der Waals surface area (Å²) in [6.45, 7) is 2.19. The molecule has 110 valence electrons. The summed E-state index contributed by atoms with van der Waals surface area (Å²) in [5.74, 6) is 0. The average Bonchev–Trinajstić information content (AvgIpc) is 2.56. The molecule has 3 aromatic rings. The van der Waals surface area contributed by atoms with Crippen LogP contribution in [0.25, 0.3) is 22.3 Å². The molecule has 0 amide bonds. The highest BCUT2D eigenvalue weighted by Crippen LogP contribution is 2.28. The number of benzene rings is 3. The first kappa shape index (κ1) is 15.4. The van der Waals surface area contributed by atoms with Crippen molar-refractivity contribution in [3.63, 3.8) is 0 Å². The number of hydrogen-bond donors (Lipinski definition) is 0. The van der Waals surface area contributed by atoms with E-state index in [1.54, 1.807) is 0 Å². The molecular formula is C20H20P2. The largest absolute Gasteiger partial charge is 0.133 e. The minimum Gasteiger partial charge on any atom is -0.133 e. The van der Waals surface area contributed by atoms with Gasteiger partial charge in [-0.25, -0.2) is 0 Å². The lowest BCUT2D eigenvalue weighted by Gasteiger charge is -2.10. The Morgan fingerprint density at radius 2 is 1.32 bits per heavy atom. The summed E-state index contributed by atoms with van der Waals surface area (Å²) in [5, 5.41) is 1.21. The van der Waals surface area contributed by atoms with E-state index in [-0.39, 0.29) is 0 Å². The lowest BCUT2D eigenvalue weighted by atomic mass is 9.95. The average molecular weight is 322 g/mol. The van der Waals surface area contributed by atoms with E-state index in [4.69, 9.17) is 0 Å². The molecule has 0 radical (unpaired) electrons. The molecule has 0 bridgehead atoms. The molecular weight excluding hydrogens is 302 g/mol. The van der Waals surface area contributed by atoms with Crippen LogP contribution in [0.3, 0.4) is 0 Å². The Morgan fingerprint density at radius 1 is 0.727 bits per heavy atom. The van der Waals surface area contributed by atoms with E-state index in [2.05, 4.69) is 92.1 Å². The Bertz CT molecular complexity index is 772. The first-order valence-corrected chi connectivity index (χ1v) is 8.83. The van der Waals surface area contributed by atoms with Crippen LogP contribution in [-0.2, 0) is 6.16 Å². The molecule has 0 fully saturated rings. The zero-order valence-corrected chi connectivity index (χ0v) is 15.0. The summed E-state index contributed by atoms with van der Waals surface area (Å²) in [5.41, 5.74) is 7.78. The highest BCUT2D eigenvalue weighted by atomic mass is 31.0. The molecule has 2 heteroatoms. The van der Waals surface area contributed by atoms with Crippen LogP contribution in [0.4, 0.5) is 0 Å². The van der Waals surface area contributed by atoms with E-state index in [0.29, 0.717) is 0 Å². The Hall–Kier alpha value is -1.48. The van der Waals surface area contributed by atoms with E-state index in [9.17, 15) is 0 Å². The van der Waals surface area contributed by atoms with Crippen LogP contribution in [-0.4, -0.2) is 0 Å². The molecule has 22 heavy (non-hydrogen) atoms. The lowest BCUT2D eigenvalue weighted by Crippen LogP contribution is -1.89. The first-order chi connectivity index (χ1) is 10.7. The van der Waals surface area contributed by atoms with E-state index in [1.807, 2.05) is 0 Å². The van der Waals surface area contributed by atoms with Gasteiger partial charge in [-0.2, -0.15) is 0 Å². The monoisotopic (exact) mass is 322 g/mol. The fourth-order valence-electron chi connectivity index (χ4n) is 2.66. The lowest BCUT2D eigenvalue weighted by molar-refractivity contribution is 1.40. The molecule has 3 rings (SSSR count). The molecule has 3 aromatic carbocycles. The van der Waals surface area contributed by atoms with Crippen molar-refractivity contribution in [2.75, 3.05) is 0 Å². The summed E-state index contributed by atoms with van der Waals surface area (Å²) < 4.78 is 0.